The molecule has 0 aliphatic heterocycles. The Balaban J connectivity index is 0.00000320. The van der Waals surface area contributed by atoms with Crippen molar-refractivity contribution in [1.82, 2.24) is 9.88 Å². The summed E-state index contributed by atoms with van der Waals surface area (Å²) in [6, 6.07) is 13.5. The Morgan fingerprint density at radius 2 is 1.63 bits per heavy atom. The minimum atomic E-state index is -0.606. The first-order chi connectivity index (χ1) is 13.9. The maximum Gasteiger partial charge on any atom is 0.0924 e. The van der Waals surface area contributed by atoms with Gasteiger partial charge in [0.05, 0.1) is 17.3 Å². The molecule has 3 aromatic rings. The number of benzene rings is 2. The van der Waals surface area contributed by atoms with Gasteiger partial charge in [-0.15, -0.1) is 12.4 Å². The molecular weight excluding hydrogens is 439 g/mol. The quantitative estimate of drug-likeness (QED) is 0.384. The topological polar surface area (TPSA) is 36.4 Å². The Bertz CT molecular complexity index is 970. The van der Waals surface area contributed by atoms with Crippen LogP contribution in [-0.4, -0.2) is 34.6 Å². The molecule has 1 N–H and O–H groups in total. The summed E-state index contributed by atoms with van der Waals surface area (Å²) >= 11 is 12.4. The highest BCUT2D eigenvalue weighted by atomic mass is 35.5. The van der Waals surface area contributed by atoms with Gasteiger partial charge < -0.3 is 10.0 Å². The fraction of sp³-hybridized carbons (Fsp3) is 0.375. The van der Waals surface area contributed by atoms with Crippen LogP contribution in [0.3, 0.4) is 0 Å². The minimum Gasteiger partial charge on any atom is -0.387 e. The van der Waals surface area contributed by atoms with Gasteiger partial charge in [-0.05, 0) is 68.2 Å². The molecule has 0 aliphatic carbocycles. The van der Waals surface area contributed by atoms with Gasteiger partial charge in [-0.1, -0.05) is 55.2 Å². The molecule has 0 radical (unpaired) electrons. The van der Waals surface area contributed by atoms with E-state index in [0.717, 1.165) is 59.2 Å². The number of nitrogens with zero attached hydrogens (tertiary/aromatic N) is 2. The lowest BCUT2D eigenvalue weighted by Gasteiger charge is -2.25. The van der Waals surface area contributed by atoms with Crippen LogP contribution in [0.2, 0.25) is 10.0 Å². The second-order valence-corrected chi connectivity index (χ2v) is 8.33. The van der Waals surface area contributed by atoms with Gasteiger partial charge in [0.15, 0.2) is 0 Å². The predicted molar refractivity (Wildman–Crippen MR) is 131 cm³/mol. The van der Waals surface area contributed by atoms with Crippen LogP contribution in [0.5, 0.6) is 0 Å². The summed E-state index contributed by atoms with van der Waals surface area (Å²) in [4.78, 5) is 7.20. The third-order valence-corrected chi connectivity index (χ3v) is 5.87. The molecule has 162 valence electrons. The molecule has 1 unspecified atom stereocenters. The monoisotopic (exact) mass is 466 g/mol. The second kappa shape index (κ2) is 11.3. The van der Waals surface area contributed by atoms with Crippen molar-refractivity contribution < 1.29 is 5.11 Å². The summed E-state index contributed by atoms with van der Waals surface area (Å²) < 4.78 is 0. The molecule has 0 aliphatic rings. The number of halogens is 3. The number of aryl methyl sites for hydroxylation is 1. The molecule has 0 amide bonds. The van der Waals surface area contributed by atoms with E-state index >= 15 is 0 Å². The van der Waals surface area contributed by atoms with E-state index in [1.54, 1.807) is 0 Å². The van der Waals surface area contributed by atoms with Crippen molar-refractivity contribution >= 4 is 46.5 Å². The molecule has 30 heavy (non-hydrogen) atoms. The third kappa shape index (κ3) is 5.66. The van der Waals surface area contributed by atoms with E-state index in [0.29, 0.717) is 16.6 Å². The Morgan fingerprint density at radius 1 is 1.00 bits per heavy atom. The summed E-state index contributed by atoms with van der Waals surface area (Å²) in [6.45, 7) is 8.86. The number of hydrogen-bond acceptors (Lipinski definition) is 3. The van der Waals surface area contributed by atoms with Crippen LogP contribution in [0.25, 0.3) is 22.2 Å². The molecule has 0 saturated heterocycles. The first kappa shape index (κ1) is 24.9. The maximum atomic E-state index is 11.2. The molecule has 1 aromatic heterocycles. The van der Waals surface area contributed by atoms with Gasteiger partial charge in [-0.2, -0.15) is 0 Å². The number of aliphatic hydroxyl groups excluding tert-OH is 1. The van der Waals surface area contributed by atoms with Crippen molar-refractivity contribution in [2.24, 2.45) is 0 Å². The van der Waals surface area contributed by atoms with Crippen LogP contribution >= 0.6 is 35.6 Å². The number of aliphatic hydroxyl groups is 1. The van der Waals surface area contributed by atoms with Crippen LogP contribution < -0.4 is 0 Å². The van der Waals surface area contributed by atoms with E-state index < -0.39 is 6.10 Å². The Labute approximate surface area is 195 Å². The summed E-state index contributed by atoms with van der Waals surface area (Å²) in [5.74, 6) is 0. The average molecular weight is 468 g/mol. The lowest BCUT2D eigenvalue weighted by molar-refractivity contribution is 0.114. The van der Waals surface area contributed by atoms with Crippen molar-refractivity contribution in [3.63, 3.8) is 0 Å². The smallest absolute Gasteiger partial charge is 0.0924 e. The average Bonchev–Trinajstić information content (AvgIpc) is 2.71. The van der Waals surface area contributed by atoms with Gasteiger partial charge in [0, 0.05) is 27.5 Å². The lowest BCUT2D eigenvalue weighted by Crippen LogP contribution is -2.30. The van der Waals surface area contributed by atoms with Crippen LogP contribution in [0, 0.1) is 6.92 Å². The molecule has 0 spiro atoms. The number of fused-ring (bicyclic) bond motifs is 1. The molecule has 6 heteroatoms. The van der Waals surface area contributed by atoms with Gasteiger partial charge in [-0.3, -0.25) is 0 Å². The molecule has 1 heterocycles. The molecule has 2 aromatic carbocycles. The van der Waals surface area contributed by atoms with Crippen molar-refractivity contribution in [2.75, 3.05) is 19.6 Å². The number of hydrogen-bond donors (Lipinski definition) is 1. The van der Waals surface area contributed by atoms with E-state index in [-0.39, 0.29) is 12.4 Å². The molecule has 0 bridgehead atoms. The van der Waals surface area contributed by atoms with Gasteiger partial charge in [0.1, 0.15) is 0 Å². The summed E-state index contributed by atoms with van der Waals surface area (Å²) in [6.07, 6.45) is 1.52. The number of rotatable bonds is 8. The zero-order chi connectivity index (χ0) is 21.0. The predicted octanol–water partition coefficient (Wildman–Crippen LogP) is 7.09. The van der Waals surface area contributed by atoms with Crippen molar-refractivity contribution in [3.05, 3.63) is 63.6 Å². The molecule has 3 rings (SSSR count). The minimum absolute atomic E-state index is 0. The highest BCUT2D eigenvalue weighted by Gasteiger charge is 2.19. The fourth-order valence-electron chi connectivity index (χ4n) is 3.74. The first-order valence-corrected chi connectivity index (χ1v) is 11.0. The normalized spacial score (nSPS) is 12.2. The Hall–Kier alpha value is -1.36. The highest BCUT2D eigenvalue weighted by molar-refractivity contribution is 6.32. The van der Waals surface area contributed by atoms with Gasteiger partial charge in [0.25, 0.3) is 0 Å². The largest absolute Gasteiger partial charge is 0.387 e. The number of pyridine rings is 1. The van der Waals surface area contributed by atoms with Gasteiger partial charge in [-0.25, -0.2) is 4.98 Å². The summed E-state index contributed by atoms with van der Waals surface area (Å²) in [5, 5.41) is 13.5. The summed E-state index contributed by atoms with van der Waals surface area (Å²) in [5.41, 5.74) is 4.41. The van der Waals surface area contributed by atoms with Crippen LogP contribution in [-0.2, 0) is 0 Å². The summed E-state index contributed by atoms with van der Waals surface area (Å²) in [7, 11) is 0. The van der Waals surface area contributed by atoms with Crippen LogP contribution in [0.15, 0.2) is 42.5 Å². The van der Waals surface area contributed by atoms with E-state index in [1.165, 1.54) is 0 Å². The first-order valence-electron chi connectivity index (χ1n) is 10.2. The van der Waals surface area contributed by atoms with Crippen molar-refractivity contribution in [1.29, 1.82) is 0 Å². The maximum absolute atomic E-state index is 11.2. The van der Waals surface area contributed by atoms with E-state index in [2.05, 4.69) is 18.7 Å². The second-order valence-electron chi connectivity index (χ2n) is 7.49. The van der Waals surface area contributed by atoms with Crippen LogP contribution in [0.4, 0.5) is 0 Å². The van der Waals surface area contributed by atoms with E-state index in [4.69, 9.17) is 28.2 Å². The SMILES string of the molecule is CCCN(CCC)CC(O)c1cc(-c2ccc(Cl)cc2)nc2c(C)c(Cl)ccc12.Cl. The van der Waals surface area contributed by atoms with Gasteiger partial charge >= 0.3 is 0 Å². The molecule has 0 saturated carbocycles. The zero-order valence-electron chi connectivity index (χ0n) is 17.7. The Kier molecular flexibility index (Phi) is 9.39. The van der Waals surface area contributed by atoms with Crippen molar-refractivity contribution in [2.45, 2.75) is 39.7 Å². The lowest BCUT2D eigenvalue weighted by atomic mass is 9.98. The third-order valence-electron chi connectivity index (χ3n) is 5.21. The molecule has 1 atom stereocenters. The van der Waals surface area contributed by atoms with Crippen LogP contribution in [0.1, 0.15) is 43.9 Å². The number of aromatic nitrogens is 1. The Morgan fingerprint density at radius 3 is 2.23 bits per heavy atom. The fourth-order valence-corrected chi connectivity index (χ4v) is 4.02. The van der Waals surface area contributed by atoms with E-state index in [9.17, 15) is 5.11 Å². The van der Waals surface area contributed by atoms with Crippen molar-refractivity contribution in [3.8, 4) is 11.3 Å². The van der Waals surface area contributed by atoms with Gasteiger partial charge in [0.2, 0.25) is 0 Å². The molecule has 0 fully saturated rings. The molecule has 3 nitrogen and oxygen atoms in total. The van der Waals surface area contributed by atoms with E-state index in [1.807, 2.05) is 49.4 Å². The molecular formula is C24H29Cl3N2O. The highest BCUT2D eigenvalue weighted by Crippen LogP contribution is 2.33. The standard InChI is InChI=1S/C24H28Cl2N2O.ClH/c1-4-12-28(13-5-2)15-23(29)20-14-22(17-6-8-18(25)9-7-17)27-24-16(3)21(26)11-10-19(20)24;/h6-11,14,23,29H,4-5,12-13,15H2,1-3H3;1H. The zero-order valence-corrected chi connectivity index (χ0v) is 20.0.